The summed E-state index contributed by atoms with van der Waals surface area (Å²) in [5, 5.41) is 5.65. The molecule has 0 spiro atoms. The highest BCUT2D eigenvalue weighted by atomic mass is 16.5. The van der Waals surface area contributed by atoms with E-state index in [0.717, 1.165) is 12.0 Å². The molecule has 0 radical (unpaired) electrons. The van der Waals surface area contributed by atoms with Gasteiger partial charge in [0.15, 0.2) is 0 Å². The highest BCUT2D eigenvalue weighted by Gasteiger charge is 2.10. The summed E-state index contributed by atoms with van der Waals surface area (Å²) in [6.45, 7) is 2.67. The average Bonchev–Trinajstić information content (AvgIpc) is 2.82. The Morgan fingerprint density at radius 3 is 2.00 bits per heavy atom. The van der Waals surface area contributed by atoms with E-state index in [1.165, 1.54) is 0 Å². The average molecular weight is 416 g/mol. The monoisotopic (exact) mass is 416 g/mol. The smallest absolute Gasteiger partial charge is 0.338 e. The zero-order chi connectivity index (χ0) is 22.1. The molecular formula is C25H24N2O4. The molecule has 0 heterocycles. The Morgan fingerprint density at radius 1 is 0.742 bits per heavy atom. The minimum Gasteiger partial charge on any atom is -0.462 e. The van der Waals surface area contributed by atoms with Crippen molar-refractivity contribution in [2.24, 2.45) is 0 Å². The third-order valence-corrected chi connectivity index (χ3v) is 4.52. The van der Waals surface area contributed by atoms with Gasteiger partial charge >= 0.3 is 5.97 Å². The summed E-state index contributed by atoms with van der Waals surface area (Å²) in [4.78, 5) is 36.4. The lowest BCUT2D eigenvalue weighted by Crippen LogP contribution is -2.22. The molecule has 2 amide bonds. The summed E-state index contributed by atoms with van der Waals surface area (Å²) in [6, 6.07) is 22.6. The molecule has 0 aliphatic rings. The topological polar surface area (TPSA) is 84.5 Å². The number of anilines is 1. The minimum atomic E-state index is -0.380. The molecule has 6 nitrogen and oxygen atoms in total. The normalized spacial score (nSPS) is 10.2. The molecule has 0 saturated heterocycles. The van der Waals surface area contributed by atoms with Gasteiger partial charge in [0.1, 0.15) is 0 Å². The maximum Gasteiger partial charge on any atom is 0.338 e. The van der Waals surface area contributed by atoms with Gasteiger partial charge in [-0.1, -0.05) is 37.3 Å². The number of rotatable bonds is 8. The highest BCUT2D eigenvalue weighted by molar-refractivity contribution is 6.04. The second kappa shape index (κ2) is 10.7. The van der Waals surface area contributed by atoms with Crippen LogP contribution in [0.5, 0.6) is 0 Å². The van der Waals surface area contributed by atoms with Crippen LogP contribution in [0.3, 0.4) is 0 Å². The molecule has 0 aliphatic heterocycles. The van der Waals surface area contributed by atoms with Crippen LogP contribution in [0, 0.1) is 0 Å². The van der Waals surface area contributed by atoms with E-state index in [0.29, 0.717) is 35.5 Å². The summed E-state index contributed by atoms with van der Waals surface area (Å²) in [5.74, 6) is -0.791. The van der Waals surface area contributed by atoms with Gasteiger partial charge in [-0.3, -0.25) is 9.59 Å². The molecule has 0 fully saturated rings. The molecule has 0 aromatic heterocycles. The van der Waals surface area contributed by atoms with E-state index in [-0.39, 0.29) is 17.8 Å². The second-order valence-electron chi connectivity index (χ2n) is 6.91. The van der Waals surface area contributed by atoms with Gasteiger partial charge < -0.3 is 15.4 Å². The predicted octanol–water partition coefficient (Wildman–Crippen LogP) is 4.44. The number of carbonyl (C=O) groups excluding carboxylic acids is 3. The number of benzene rings is 3. The summed E-state index contributed by atoms with van der Waals surface area (Å²) in [6.07, 6.45) is 0.762. The molecule has 0 atom stereocenters. The molecule has 0 aliphatic carbocycles. The first-order valence-corrected chi connectivity index (χ1v) is 10.1. The Balaban J connectivity index is 1.53. The number of hydrogen-bond donors (Lipinski definition) is 2. The molecule has 3 aromatic carbocycles. The van der Waals surface area contributed by atoms with Crippen LogP contribution >= 0.6 is 0 Å². The van der Waals surface area contributed by atoms with Crippen LogP contribution in [-0.4, -0.2) is 24.4 Å². The number of amides is 2. The van der Waals surface area contributed by atoms with Crippen molar-refractivity contribution in [1.82, 2.24) is 5.32 Å². The number of esters is 1. The van der Waals surface area contributed by atoms with Gasteiger partial charge in [0.2, 0.25) is 0 Å². The molecule has 2 N–H and O–H groups in total. The van der Waals surface area contributed by atoms with E-state index >= 15 is 0 Å². The fourth-order valence-corrected chi connectivity index (χ4v) is 2.82. The molecular weight excluding hydrogens is 392 g/mol. The SMILES string of the molecule is CCCOC(=O)c1ccc(NC(=O)c2ccc(CNC(=O)c3ccccc3)cc2)cc1. The standard InChI is InChI=1S/C25H24N2O4/c1-2-16-31-25(30)21-12-14-22(15-13-21)27-24(29)20-10-8-18(9-11-20)17-26-23(28)19-6-4-3-5-7-19/h3-15H,2,16-17H2,1H3,(H,26,28)(H,27,29). The van der Waals surface area contributed by atoms with E-state index in [1.54, 1.807) is 60.7 Å². The second-order valence-corrected chi connectivity index (χ2v) is 6.91. The van der Waals surface area contributed by atoms with Crippen molar-refractivity contribution in [1.29, 1.82) is 0 Å². The summed E-state index contributed by atoms with van der Waals surface area (Å²) < 4.78 is 5.09. The third kappa shape index (κ3) is 6.27. The fourth-order valence-electron chi connectivity index (χ4n) is 2.82. The van der Waals surface area contributed by atoms with Gasteiger partial charge in [0.05, 0.1) is 12.2 Å². The summed E-state index contributed by atoms with van der Waals surface area (Å²) in [7, 11) is 0. The van der Waals surface area contributed by atoms with Gasteiger partial charge in [-0.2, -0.15) is 0 Å². The van der Waals surface area contributed by atoms with Crippen LogP contribution in [0.15, 0.2) is 78.9 Å². The van der Waals surface area contributed by atoms with E-state index < -0.39 is 0 Å². The lowest BCUT2D eigenvalue weighted by Gasteiger charge is -2.08. The largest absolute Gasteiger partial charge is 0.462 e. The summed E-state index contributed by atoms with van der Waals surface area (Å²) in [5.41, 5.74) is 2.99. The Bertz CT molecular complexity index is 1030. The molecule has 3 rings (SSSR count). The molecule has 0 bridgehead atoms. The number of ether oxygens (including phenoxy) is 1. The Labute approximate surface area is 181 Å². The van der Waals surface area contributed by atoms with Gasteiger partial charge in [0.25, 0.3) is 11.8 Å². The predicted molar refractivity (Wildman–Crippen MR) is 119 cm³/mol. The number of nitrogens with one attached hydrogen (secondary N) is 2. The lowest BCUT2D eigenvalue weighted by molar-refractivity contribution is 0.0505. The van der Waals surface area contributed by atoms with Crippen molar-refractivity contribution in [2.75, 3.05) is 11.9 Å². The molecule has 6 heteroatoms. The van der Waals surface area contributed by atoms with Crippen LogP contribution in [0.25, 0.3) is 0 Å². The fraction of sp³-hybridized carbons (Fsp3) is 0.160. The van der Waals surface area contributed by atoms with E-state index in [9.17, 15) is 14.4 Å². The first kappa shape index (κ1) is 21.8. The van der Waals surface area contributed by atoms with Crippen LogP contribution in [-0.2, 0) is 11.3 Å². The van der Waals surface area contributed by atoms with Crippen molar-refractivity contribution in [2.45, 2.75) is 19.9 Å². The Hall–Kier alpha value is -3.93. The first-order valence-electron chi connectivity index (χ1n) is 10.1. The number of hydrogen-bond acceptors (Lipinski definition) is 4. The zero-order valence-electron chi connectivity index (χ0n) is 17.3. The molecule has 158 valence electrons. The third-order valence-electron chi connectivity index (χ3n) is 4.52. The van der Waals surface area contributed by atoms with Crippen LogP contribution in [0.4, 0.5) is 5.69 Å². The Kier molecular flexibility index (Phi) is 7.54. The van der Waals surface area contributed by atoms with Gasteiger partial charge in [-0.15, -0.1) is 0 Å². The quantitative estimate of drug-likeness (QED) is 0.532. The van der Waals surface area contributed by atoms with Crippen LogP contribution in [0.2, 0.25) is 0 Å². The zero-order valence-corrected chi connectivity index (χ0v) is 17.3. The van der Waals surface area contributed by atoms with Crippen molar-refractivity contribution in [3.8, 4) is 0 Å². The number of carbonyl (C=O) groups is 3. The molecule has 0 unspecified atom stereocenters. The van der Waals surface area contributed by atoms with E-state index in [2.05, 4.69) is 10.6 Å². The minimum absolute atomic E-state index is 0.149. The van der Waals surface area contributed by atoms with Gasteiger partial charge in [0, 0.05) is 23.4 Å². The van der Waals surface area contributed by atoms with Crippen molar-refractivity contribution in [3.05, 3.63) is 101 Å². The van der Waals surface area contributed by atoms with Gasteiger partial charge in [-0.05, 0) is 60.5 Å². The van der Waals surface area contributed by atoms with E-state index in [1.807, 2.05) is 25.1 Å². The highest BCUT2D eigenvalue weighted by Crippen LogP contribution is 2.13. The summed E-state index contributed by atoms with van der Waals surface area (Å²) >= 11 is 0. The molecule has 3 aromatic rings. The molecule has 31 heavy (non-hydrogen) atoms. The van der Waals surface area contributed by atoms with Crippen molar-refractivity contribution >= 4 is 23.5 Å². The Morgan fingerprint density at radius 2 is 1.35 bits per heavy atom. The van der Waals surface area contributed by atoms with Crippen molar-refractivity contribution < 1.29 is 19.1 Å². The van der Waals surface area contributed by atoms with E-state index in [4.69, 9.17) is 4.74 Å². The van der Waals surface area contributed by atoms with Gasteiger partial charge in [-0.25, -0.2) is 4.79 Å². The first-order chi connectivity index (χ1) is 15.1. The van der Waals surface area contributed by atoms with Crippen LogP contribution < -0.4 is 10.6 Å². The van der Waals surface area contributed by atoms with Crippen molar-refractivity contribution in [3.63, 3.8) is 0 Å². The molecule has 0 saturated carbocycles. The van der Waals surface area contributed by atoms with Crippen LogP contribution in [0.1, 0.15) is 50.0 Å². The maximum atomic E-state index is 12.5. The lowest BCUT2D eigenvalue weighted by atomic mass is 10.1. The maximum absolute atomic E-state index is 12.5.